The Labute approximate surface area is 79.7 Å². The summed E-state index contributed by atoms with van der Waals surface area (Å²) in [6.45, 7) is 0. The van der Waals surface area contributed by atoms with E-state index in [1.165, 1.54) is 0 Å². The summed E-state index contributed by atoms with van der Waals surface area (Å²) >= 11 is 0. The number of fused-ring (bicyclic) bond motifs is 1. The van der Waals surface area contributed by atoms with E-state index in [4.69, 9.17) is 5.73 Å². The van der Waals surface area contributed by atoms with Gasteiger partial charge in [0.25, 0.3) is 0 Å². The maximum absolute atomic E-state index is 10.9. The molecule has 0 aliphatic rings. The van der Waals surface area contributed by atoms with Crippen LogP contribution >= 0.6 is 0 Å². The summed E-state index contributed by atoms with van der Waals surface area (Å²) < 4.78 is 0. The van der Waals surface area contributed by atoms with Gasteiger partial charge < -0.3 is 10.7 Å². The van der Waals surface area contributed by atoms with Gasteiger partial charge in [-0.15, -0.1) is 0 Å². The van der Waals surface area contributed by atoms with E-state index in [9.17, 15) is 9.59 Å². The molecule has 14 heavy (non-hydrogen) atoms. The van der Waals surface area contributed by atoms with Crippen LogP contribution in [0.3, 0.4) is 0 Å². The Kier molecular flexibility index (Phi) is 1.81. The third-order valence-electron chi connectivity index (χ3n) is 2.13. The number of hydrogen-bond acceptors (Lipinski definition) is 2. The van der Waals surface area contributed by atoms with E-state index in [1.54, 1.807) is 24.4 Å². The van der Waals surface area contributed by atoms with Gasteiger partial charge in [-0.2, -0.15) is 0 Å². The van der Waals surface area contributed by atoms with Crippen molar-refractivity contribution < 1.29 is 9.59 Å². The number of carbonyl (C=O) groups is 2. The molecule has 70 valence electrons. The molecule has 0 bridgehead atoms. The zero-order valence-electron chi connectivity index (χ0n) is 7.28. The zero-order chi connectivity index (χ0) is 10.1. The molecule has 2 aromatic rings. The van der Waals surface area contributed by atoms with Crippen LogP contribution in [0, 0.1) is 0 Å². The van der Waals surface area contributed by atoms with Gasteiger partial charge in [-0.3, -0.25) is 9.59 Å². The molecule has 1 heterocycles. The number of aromatic amines is 1. The topological polar surface area (TPSA) is 76.0 Å². The van der Waals surface area contributed by atoms with Gasteiger partial charge in [-0.05, 0) is 12.1 Å². The van der Waals surface area contributed by atoms with Gasteiger partial charge >= 0.3 is 0 Å². The van der Waals surface area contributed by atoms with E-state index < -0.39 is 5.91 Å². The second-order valence-corrected chi connectivity index (χ2v) is 2.99. The Balaban J connectivity index is 2.68. The molecule has 2 rings (SSSR count). The molecule has 0 saturated carbocycles. The van der Waals surface area contributed by atoms with Crippen LogP contribution in [0.1, 0.15) is 20.7 Å². The van der Waals surface area contributed by atoms with Gasteiger partial charge in [0.1, 0.15) is 0 Å². The molecule has 0 fully saturated rings. The molecule has 0 spiro atoms. The lowest BCUT2D eigenvalue weighted by Crippen LogP contribution is -2.10. The number of aldehydes is 1. The Morgan fingerprint density at radius 2 is 2.21 bits per heavy atom. The van der Waals surface area contributed by atoms with Crippen molar-refractivity contribution >= 4 is 23.1 Å². The summed E-state index contributed by atoms with van der Waals surface area (Å²) in [5.74, 6) is -0.478. The minimum atomic E-state index is -0.478. The summed E-state index contributed by atoms with van der Waals surface area (Å²) in [4.78, 5) is 24.3. The average Bonchev–Trinajstić information content (AvgIpc) is 2.59. The molecular weight excluding hydrogens is 180 g/mol. The summed E-state index contributed by atoms with van der Waals surface area (Å²) in [6.07, 6.45) is 2.37. The van der Waals surface area contributed by atoms with Gasteiger partial charge in [0, 0.05) is 28.2 Å². The van der Waals surface area contributed by atoms with E-state index >= 15 is 0 Å². The minimum Gasteiger partial charge on any atom is -0.366 e. The van der Waals surface area contributed by atoms with Crippen molar-refractivity contribution in [1.82, 2.24) is 4.98 Å². The maximum atomic E-state index is 10.9. The fourth-order valence-corrected chi connectivity index (χ4v) is 1.40. The second kappa shape index (κ2) is 2.99. The molecule has 1 aromatic carbocycles. The smallest absolute Gasteiger partial charge is 0.248 e. The molecule has 4 nitrogen and oxygen atoms in total. The molecular formula is C10H8N2O2. The molecule has 0 saturated heterocycles. The minimum absolute atomic E-state index is 0.428. The van der Waals surface area contributed by atoms with Crippen molar-refractivity contribution in [3.63, 3.8) is 0 Å². The van der Waals surface area contributed by atoms with Crippen LogP contribution in [0.5, 0.6) is 0 Å². The molecule has 0 unspecified atom stereocenters. The van der Waals surface area contributed by atoms with Crippen molar-refractivity contribution in [2.24, 2.45) is 5.73 Å². The Morgan fingerprint density at radius 3 is 2.86 bits per heavy atom. The highest BCUT2D eigenvalue weighted by Gasteiger charge is 2.05. The van der Waals surface area contributed by atoms with Crippen LogP contribution < -0.4 is 5.73 Å². The Morgan fingerprint density at radius 1 is 1.43 bits per heavy atom. The first-order chi connectivity index (χ1) is 6.72. The molecule has 3 N–H and O–H groups in total. The van der Waals surface area contributed by atoms with Crippen molar-refractivity contribution in [1.29, 1.82) is 0 Å². The molecule has 1 aromatic heterocycles. The Bertz CT molecular complexity index is 514. The zero-order valence-corrected chi connectivity index (χ0v) is 7.28. The first kappa shape index (κ1) is 8.50. The maximum Gasteiger partial charge on any atom is 0.248 e. The number of amides is 1. The quantitative estimate of drug-likeness (QED) is 0.692. The number of nitrogens with one attached hydrogen (secondary N) is 1. The number of hydrogen-bond donors (Lipinski definition) is 2. The van der Waals surface area contributed by atoms with Crippen LogP contribution in [0.25, 0.3) is 10.9 Å². The molecule has 4 heteroatoms. The molecule has 0 radical (unpaired) electrons. The van der Waals surface area contributed by atoms with Crippen LogP contribution in [0.4, 0.5) is 0 Å². The van der Waals surface area contributed by atoms with E-state index in [2.05, 4.69) is 4.98 Å². The van der Waals surface area contributed by atoms with Crippen molar-refractivity contribution in [3.05, 3.63) is 35.5 Å². The van der Waals surface area contributed by atoms with Gasteiger partial charge in [-0.1, -0.05) is 6.07 Å². The fourth-order valence-electron chi connectivity index (χ4n) is 1.40. The van der Waals surface area contributed by atoms with E-state index in [-0.39, 0.29) is 0 Å². The third kappa shape index (κ3) is 1.17. The summed E-state index contributed by atoms with van der Waals surface area (Å²) in [5, 5.41) is 0.796. The van der Waals surface area contributed by atoms with Crippen LogP contribution in [-0.4, -0.2) is 17.2 Å². The van der Waals surface area contributed by atoms with Crippen molar-refractivity contribution in [3.8, 4) is 0 Å². The number of H-pyrrole nitrogens is 1. The van der Waals surface area contributed by atoms with Crippen LogP contribution in [0.15, 0.2) is 24.4 Å². The van der Waals surface area contributed by atoms with E-state index in [0.717, 1.165) is 17.2 Å². The third-order valence-corrected chi connectivity index (χ3v) is 2.13. The normalized spacial score (nSPS) is 10.3. The van der Waals surface area contributed by atoms with Gasteiger partial charge in [0.2, 0.25) is 5.91 Å². The lowest BCUT2D eigenvalue weighted by molar-refractivity contribution is 0.1000. The highest BCUT2D eigenvalue weighted by molar-refractivity contribution is 6.01. The number of benzene rings is 1. The number of nitrogens with two attached hydrogens (primary N) is 1. The van der Waals surface area contributed by atoms with Crippen molar-refractivity contribution in [2.45, 2.75) is 0 Å². The van der Waals surface area contributed by atoms with Crippen LogP contribution in [-0.2, 0) is 0 Å². The average molecular weight is 188 g/mol. The van der Waals surface area contributed by atoms with Gasteiger partial charge in [-0.25, -0.2) is 0 Å². The Hall–Kier alpha value is -2.10. The van der Waals surface area contributed by atoms with Crippen molar-refractivity contribution in [2.75, 3.05) is 0 Å². The number of aromatic nitrogens is 1. The summed E-state index contributed by atoms with van der Waals surface area (Å²) in [5.41, 5.74) is 6.87. The van der Waals surface area contributed by atoms with E-state index in [0.29, 0.717) is 11.1 Å². The molecule has 1 amide bonds. The number of primary amides is 1. The van der Waals surface area contributed by atoms with E-state index in [1.807, 2.05) is 0 Å². The van der Waals surface area contributed by atoms with Gasteiger partial charge in [0.15, 0.2) is 6.29 Å². The highest BCUT2D eigenvalue weighted by Crippen LogP contribution is 2.17. The monoisotopic (exact) mass is 188 g/mol. The first-order valence-electron chi connectivity index (χ1n) is 4.08. The first-order valence-corrected chi connectivity index (χ1v) is 4.08. The SMILES string of the molecule is NC(=O)c1ccc2c(C=O)c[nH]c2c1. The largest absolute Gasteiger partial charge is 0.366 e. The summed E-state index contributed by atoms with van der Waals surface area (Å²) in [6, 6.07) is 4.94. The lowest BCUT2D eigenvalue weighted by Gasteiger charge is -1.95. The standard InChI is InChI=1S/C10H8N2O2/c11-10(14)6-1-2-8-7(5-13)4-12-9(8)3-6/h1-5,12H,(H2,11,14). The molecule has 0 aliphatic heterocycles. The predicted octanol–water partition coefficient (Wildman–Crippen LogP) is 1.08. The molecule has 0 aliphatic carbocycles. The number of rotatable bonds is 2. The fraction of sp³-hybridized carbons (Fsp3) is 0. The number of carbonyl (C=O) groups excluding carboxylic acids is 2. The second-order valence-electron chi connectivity index (χ2n) is 2.99. The summed E-state index contributed by atoms with van der Waals surface area (Å²) in [7, 11) is 0. The van der Waals surface area contributed by atoms with Gasteiger partial charge in [0.05, 0.1) is 0 Å². The predicted molar refractivity (Wildman–Crippen MR) is 52.2 cm³/mol. The lowest BCUT2D eigenvalue weighted by atomic mass is 10.1. The molecule has 0 atom stereocenters. The van der Waals surface area contributed by atoms with Crippen LogP contribution in [0.2, 0.25) is 0 Å². The highest BCUT2D eigenvalue weighted by atomic mass is 16.1.